The van der Waals surface area contributed by atoms with Crippen LogP contribution in [0.3, 0.4) is 0 Å². The number of aliphatic hydroxyl groups is 1. The van der Waals surface area contributed by atoms with E-state index < -0.39 is 6.10 Å². The fourth-order valence-electron chi connectivity index (χ4n) is 11.8. The molecule has 0 aromatic heterocycles. The third-order valence-electron chi connectivity index (χ3n) is 14.5. The van der Waals surface area contributed by atoms with E-state index in [-0.39, 0.29) is 56.9 Å². The lowest BCUT2D eigenvalue weighted by atomic mass is 9.41. The average molecular weight is 673 g/mol. The van der Waals surface area contributed by atoms with Crippen molar-refractivity contribution >= 4 is 24.6 Å². The van der Waals surface area contributed by atoms with Gasteiger partial charge >= 0.3 is 0 Å². The molecule has 0 saturated heterocycles. The lowest BCUT2D eigenvalue weighted by Crippen LogP contribution is -2.64. The van der Waals surface area contributed by atoms with E-state index in [2.05, 4.69) is 84.0 Å². The smallest absolute Gasteiger partial charge is 0.222 e. The molecule has 1 aromatic carbocycles. The molecule has 0 bridgehead atoms. The molecule has 11 atom stereocenters. The molecule has 5 aliphatic rings. The number of thiol groups is 1. The lowest BCUT2D eigenvalue weighted by Gasteiger charge is -2.63. The summed E-state index contributed by atoms with van der Waals surface area (Å²) in [4.78, 5) is 30.0. The fraction of sp³-hybridized carbons (Fsp3) is 0.795. The predicted molar refractivity (Wildman–Crippen MR) is 193 cm³/mol. The second-order valence-corrected chi connectivity index (χ2v) is 16.8. The number of ketones is 1. The molecule has 1 aromatic rings. The molecule has 3 N–H and O–H groups in total. The largest absolute Gasteiger partial charge is 0.493 e. The number of Topliss-reactive ketones (excluding diaryl/α,β-unsaturated/α-hetero) is 1. The van der Waals surface area contributed by atoms with Gasteiger partial charge in [-0.15, -0.1) is 0 Å². The number of amides is 1. The fourth-order valence-corrected chi connectivity index (χ4v) is 11.8. The van der Waals surface area contributed by atoms with Gasteiger partial charge in [-0.1, -0.05) is 66.2 Å². The van der Waals surface area contributed by atoms with E-state index in [4.69, 9.17) is 9.29 Å². The van der Waals surface area contributed by atoms with Crippen LogP contribution in [-0.2, 0) is 9.59 Å². The summed E-state index contributed by atoms with van der Waals surface area (Å²) in [5.74, 6) is 2.01. The second kappa shape index (κ2) is 13.6. The van der Waals surface area contributed by atoms with Gasteiger partial charge in [0.2, 0.25) is 5.91 Å². The minimum Gasteiger partial charge on any atom is -0.493 e. The van der Waals surface area contributed by atoms with Crippen molar-refractivity contribution in [2.24, 2.45) is 50.7 Å². The summed E-state index contributed by atoms with van der Waals surface area (Å²) in [6.45, 7) is 19.8. The third kappa shape index (κ3) is 5.60. The normalized spacial score (nSPS) is 42.0. The van der Waals surface area contributed by atoms with Gasteiger partial charge in [0.25, 0.3) is 0 Å². The number of fused-ring (bicyclic) bond motifs is 2. The van der Waals surface area contributed by atoms with Gasteiger partial charge in [0, 0.05) is 41.2 Å². The van der Waals surface area contributed by atoms with Crippen molar-refractivity contribution in [2.75, 3.05) is 20.7 Å². The van der Waals surface area contributed by atoms with Crippen LogP contribution in [0.2, 0.25) is 0 Å². The molecular formula is C39H64N2O5S. The van der Waals surface area contributed by atoms with Crippen LogP contribution in [0.15, 0.2) is 24.3 Å². The van der Waals surface area contributed by atoms with Crippen molar-refractivity contribution in [3.8, 4) is 5.75 Å². The Morgan fingerprint density at radius 2 is 1.62 bits per heavy atom. The maximum Gasteiger partial charge on any atom is 0.222 e. The number of hydrogen-bond acceptors (Lipinski definition) is 7. The van der Waals surface area contributed by atoms with Gasteiger partial charge in [0.15, 0.2) is 0 Å². The zero-order valence-corrected chi connectivity index (χ0v) is 31.9. The Bertz CT molecular complexity index is 1290. The maximum atomic E-state index is 14.8. The summed E-state index contributed by atoms with van der Waals surface area (Å²) in [5.41, 5.74) is 0.254. The monoisotopic (exact) mass is 672 g/mol. The molecule has 0 heterocycles. The number of hydrogen-bond donors (Lipinski definition) is 4. The highest BCUT2D eigenvalue weighted by atomic mass is 32.1. The van der Waals surface area contributed by atoms with Crippen molar-refractivity contribution in [1.29, 1.82) is 0 Å². The first kappa shape index (κ1) is 38.2. The van der Waals surface area contributed by atoms with Gasteiger partial charge in [-0.3, -0.25) is 9.59 Å². The number of nitrogens with one attached hydrogen (secondary N) is 1. The van der Waals surface area contributed by atoms with Gasteiger partial charge in [0.05, 0.1) is 12.7 Å². The second-order valence-electron chi connectivity index (χ2n) is 16.8. The Morgan fingerprint density at radius 3 is 2.19 bits per heavy atom. The standard InChI is InChI=1S/C37H56N2O4.C2H6.H2OS/c1-22(2)32(42)38-29-16-17-36-20-37(36)28(15-14-27(36)33(29,5)21-43-25-12-10-23(3)11-13-25)34(6)18-26(40)31(24(4)39(8)9)35(34,7)19-30(37)41;2*1-2/h10-13,22,24,26-29,31,40H,14-21H2,1-9H3,(H,38,42);1-2H3;1-2H/t24-,26+,27?,28?,29-,31?,33-,34-,35+,36+,37?;;/m0../s1. The van der Waals surface area contributed by atoms with Crippen molar-refractivity contribution in [2.45, 2.75) is 125 Å². The van der Waals surface area contributed by atoms with E-state index >= 15 is 0 Å². The first-order chi connectivity index (χ1) is 22.1. The number of aryl methyl sites for hydroxylation is 1. The zero-order chi connectivity index (χ0) is 35.3. The van der Waals surface area contributed by atoms with E-state index in [9.17, 15) is 14.7 Å². The topological polar surface area (TPSA) is 99.1 Å². The Balaban J connectivity index is 0.00000120. The molecule has 5 saturated carbocycles. The van der Waals surface area contributed by atoms with Crippen LogP contribution in [0, 0.1) is 57.7 Å². The molecule has 5 fully saturated rings. The first-order valence-electron chi connectivity index (χ1n) is 18.1. The number of rotatable bonds is 7. The van der Waals surface area contributed by atoms with Gasteiger partial charge in [0.1, 0.15) is 11.5 Å². The van der Waals surface area contributed by atoms with Crippen LogP contribution in [0.4, 0.5) is 0 Å². The van der Waals surface area contributed by atoms with E-state index in [0.717, 1.165) is 44.3 Å². The van der Waals surface area contributed by atoms with E-state index in [0.29, 0.717) is 30.6 Å². The predicted octanol–water partition coefficient (Wildman–Crippen LogP) is 7.45. The molecule has 4 unspecified atom stereocenters. The van der Waals surface area contributed by atoms with Gasteiger partial charge in [-0.05, 0) is 120 Å². The molecular weight excluding hydrogens is 609 g/mol. The molecule has 7 nitrogen and oxygen atoms in total. The number of carbonyl (C=O) groups excluding carboxylic acids is 2. The van der Waals surface area contributed by atoms with Gasteiger partial charge in [-0.2, -0.15) is 0 Å². The molecule has 0 radical (unpaired) electrons. The molecule has 2 spiro atoms. The van der Waals surface area contributed by atoms with Crippen LogP contribution >= 0.6 is 12.9 Å². The number of nitrogens with zero attached hydrogens (tertiary/aromatic N) is 1. The third-order valence-corrected chi connectivity index (χ3v) is 14.5. The summed E-state index contributed by atoms with van der Waals surface area (Å²) < 4.78 is 13.3. The highest BCUT2D eigenvalue weighted by molar-refractivity contribution is 7.74. The minimum atomic E-state index is -0.391. The quantitative estimate of drug-likeness (QED) is 0.178. The van der Waals surface area contributed by atoms with Crippen molar-refractivity contribution in [1.82, 2.24) is 10.2 Å². The lowest BCUT2D eigenvalue weighted by molar-refractivity contribution is -0.173. The van der Waals surface area contributed by atoms with Crippen molar-refractivity contribution in [3.63, 3.8) is 0 Å². The molecule has 8 heteroatoms. The highest BCUT2D eigenvalue weighted by Crippen LogP contribution is 2.88. The summed E-state index contributed by atoms with van der Waals surface area (Å²) in [5, 5.41) is 15.1. The Hall–Kier alpha value is -1.61. The summed E-state index contributed by atoms with van der Waals surface area (Å²) >= 11 is 2.53. The number of aliphatic hydroxyl groups excluding tert-OH is 1. The first-order valence-corrected chi connectivity index (χ1v) is 18.5. The van der Waals surface area contributed by atoms with Crippen LogP contribution < -0.4 is 10.1 Å². The Kier molecular flexibility index (Phi) is 11.1. The maximum absolute atomic E-state index is 14.8. The summed E-state index contributed by atoms with van der Waals surface area (Å²) in [7, 11) is 4.19. The molecule has 0 aliphatic heterocycles. The Labute approximate surface area is 290 Å². The molecule has 1 amide bonds. The van der Waals surface area contributed by atoms with Crippen LogP contribution in [0.1, 0.15) is 106 Å². The van der Waals surface area contributed by atoms with Crippen LogP contribution in [0.5, 0.6) is 5.75 Å². The van der Waals surface area contributed by atoms with Gasteiger partial charge < -0.3 is 24.6 Å². The molecule has 266 valence electrons. The van der Waals surface area contributed by atoms with Crippen molar-refractivity contribution in [3.05, 3.63) is 29.8 Å². The van der Waals surface area contributed by atoms with Crippen LogP contribution in [0.25, 0.3) is 0 Å². The number of ether oxygens (including phenoxy) is 1. The molecule has 5 aliphatic carbocycles. The number of carbonyl (C=O) groups is 2. The van der Waals surface area contributed by atoms with E-state index in [1.54, 1.807) is 0 Å². The summed E-state index contributed by atoms with van der Waals surface area (Å²) in [6.07, 6.45) is 5.83. The minimum absolute atomic E-state index is 0.0100. The molecule has 6 rings (SSSR count). The van der Waals surface area contributed by atoms with E-state index in [1.165, 1.54) is 5.56 Å². The van der Waals surface area contributed by atoms with Crippen molar-refractivity contribution < 1.29 is 24.0 Å². The Morgan fingerprint density at radius 1 is 1.02 bits per heavy atom. The zero-order valence-electron chi connectivity index (χ0n) is 31.0. The van der Waals surface area contributed by atoms with Crippen LogP contribution in [-0.4, -0.2) is 65.1 Å². The van der Waals surface area contributed by atoms with Gasteiger partial charge in [-0.25, -0.2) is 0 Å². The number of benzene rings is 1. The van der Waals surface area contributed by atoms with E-state index in [1.807, 2.05) is 39.8 Å². The molecule has 47 heavy (non-hydrogen) atoms. The SMILES string of the molecule is CC.Cc1ccc(OC[C@@]2(C)C3CCC4C5(C[C@]35CC[C@@H]2NC(=O)C(C)C)C(=O)C[C@]2(C)C([C@H](C)N(C)C)[C@H](O)C[C@@]42C)cc1.OS. The summed E-state index contributed by atoms with van der Waals surface area (Å²) in [6, 6.07) is 8.45. The highest BCUT2D eigenvalue weighted by Gasteiger charge is 2.86. The average Bonchev–Trinajstić information content (AvgIpc) is 3.68.